The summed E-state index contributed by atoms with van der Waals surface area (Å²) in [5, 5.41) is 0. The summed E-state index contributed by atoms with van der Waals surface area (Å²) in [6, 6.07) is 2.00. The Bertz CT molecular complexity index is 187. The van der Waals surface area contributed by atoms with E-state index in [-0.39, 0.29) is 0 Å². The lowest BCUT2D eigenvalue weighted by molar-refractivity contribution is 0.224. The molecule has 1 saturated carbocycles. The number of fused-ring (bicyclic) bond motifs is 3. The van der Waals surface area contributed by atoms with Gasteiger partial charge in [0, 0.05) is 12.1 Å². The Morgan fingerprint density at radius 3 is 2.92 bits per heavy atom. The van der Waals surface area contributed by atoms with Crippen LogP contribution in [0.25, 0.3) is 0 Å². The van der Waals surface area contributed by atoms with Crippen molar-refractivity contribution < 1.29 is 0 Å². The Morgan fingerprint density at radius 1 is 1.08 bits per heavy atom. The van der Waals surface area contributed by atoms with Crippen LogP contribution in [0.2, 0.25) is 0 Å². The number of nitrogens with zero attached hydrogens (tertiary/aromatic N) is 1. The van der Waals surface area contributed by atoms with Crippen LogP contribution in [0.1, 0.15) is 39.0 Å². The van der Waals surface area contributed by atoms with Gasteiger partial charge in [-0.25, -0.2) is 0 Å². The molecule has 0 aromatic rings. The molecule has 12 heavy (non-hydrogen) atoms. The van der Waals surface area contributed by atoms with E-state index in [1.54, 1.807) is 0 Å². The Kier molecular flexibility index (Phi) is 1.52. The second-order valence-electron chi connectivity index (χ2n) is 5.07. The molecule has 1 heteroatoms. The van der Waals surface area contributed by atoms with E-state index in [0.717, 1.165) is 23.9 Å². The van der Waals surface area contributed by atoms with Crippen LogP contribution in [0, 0.1) is 11.8 Å². The number of rotatable bonds is 0. The summed E-state index contributed by atoms with van der Waals surface area (Å²) in [5.41, 5.74) is 0. The normalized spacial score (nSPS) is 52.8. The lowest BCUT2D eigenvalue weighted by atomic mass is 9.94. The van der Waals surface area contributed by atoms with Crippen LogP contribution in [-0.4, -0.2) is 23.5 Å². The molecule has 3 rings (SSSR count). The Morgan fingerprint density at radius 2 is 2.00 bits per heavy atom. The van der Waals surface area contributed by atoms with Crippen molar-refractivity contribution >= 4 is 0 Å². The standard InChI is InChI=1S/C11H19N/c1-8-5-6-12-10-4-2-3-9(10)7-11(8)12/h8-11H,2-7H2,1H3/t8-,9+,10-,11-/m1/s1. The molecular weight excluding hydrogens is 146 g/mol. The van der Waals surface area contributed by atoms with Crippen LogP contribution in [-0.2, 0) is 0 Å². The van der Waals surface area contributed by atoms with Gasteiger partial charge in [-0.3, -0.25) is 4.90 Å². The molecule has 0 amide bonds. The van der Waals surface area contributed by atoms with Gasteiger partial charge in [0.25, 0.3) is 0 Å². The second kappa shape index (κ2) is 2.47. The number of hydrogen-bond donors (Lipinski definition) is 0. The van der Waals surface area contributed by atoms with Gasteiger partial charge in [0.1, 0.15) is 0 Å². The van der Waals surface area contributed by atoms with E-state index in [1.807, 2.05) is 0 Å². The van der Waals surface area contributed by atoms with E-state index >= 15 is 0 Å². The third-order valence-electron chi connectivity index (χ3n) is 4.51. The molecule has 2 heterocycles. The summed E-state index contributed by atoms with van der Waals surface area (Å²) in [6.07, 6.45) is 7.55. The highest BCUT2D eigenvalue weighted by Gasteiger charge is 2.47. The Hall–Kier alpha value is -0.0400. The molecule has 0 spiro atoms. The van der Waals surface area contributed by atoms with Gasteiger partial charge in [-0.1, -0.05) is 13.3 Å². The van der Waals surface area contributed by atoms with E-state index in [2.05, 4.69) is 11.8 Å². The second-order valence-corrected chi connectivity index (χ2v) is 5.07. The van der Waals surface area contributed by atoms with Gasteiger partial charge in [-0.15, -0.1) is 0 Å². The molecule has 68 valence electrons. The van der Waals surface area contributed by atoms with Gasteiger partial charge in [-0.05, 0) is 44.1 Å². The van der Waals surface area contributed by atoms with E-state index in [1.165, 1.54) is 38.6 Å². The van der Waals surface area contributed by atoms with Crippen molar-refractivity contribution in [3.05, 3.63) is 0 Å². The van der Waals surface area contributed by atoms with Crippen LogP contribution < -0.4 is 0 Å². The van der Waals surface area contributed by atoms with Gasteiger partial charge in [0.05, 0.1) is 0 Å². The molecule has 2 aliphatic heterocycles. The van der Waals surface area contributed by atoms with E-state index in [4.69, 9.17) is 0 Å². The van der Waals surface area contributed by atoms with Crippen LogP contribution >= 0.6 is 0 Å². The first-order valence-electron chi connectivity index (χ1n) is 5.62. The first-order chi connectivity index (χ1) is 5.86. The molecule has 1 aliphatic carbocycles. The molecule has 0 unspecified atom stereocenters. The van der Waals surface area contributed by atoms with Crippen LogP contribution in [0.5, 0.6) is 0 Å². The highest BCUT2D eigenvalue weighted by molar-refractivity contribution is 5.01. The molecule has 0 N–H and O–H groups in total. The van der Waals surface area contributed by atoms with Crippen LogP contribution in [0.4, 0.5) is 0 Å². The highest BCUT2D eigenvalue weighted by atomic mass is 15.2. The van der Waals surface area contributed by atoms with E-state index in [9.17, 15) is 0 Å². The van der Waals surface area contributed by atoms with Crippen molar-refractivity contribution in [2.75, 3.05) is 6.54 Å². The number of hydrogen-bond acceptors (Lipinski definition) is 1. The predicted molar refractivity (Wildman–Crippen MR) is 50.0 cm³/mol. The monoisotopic (exact) mass is 165 g/mol. The molecule has 0 aromatic heterocycles. The molecule has 0 bridgehead atoms. The molecule has 2 saturated heterocycles. The molecule has 3 aliphatic rings. The molecular formula is C11H19N. The molecule has 1 nitrogen and oxygen atoms in total. The van der Waals surface area contributed by atoms with Crippen molar-refractivity contribution in [3.63, 3.8) is 0 Å². The summed E-state index contributed by atoms with van der Waals surface area (Å²) in [6.45, 7) is 3.86. The van der Waals surface area contributed by atoms with Crippen LogP contribution in [0.3, 0.4) is 0 Å². The maximum Gasteiger partial charge on any atom is 0.0128 e. The first-order valence-corrected chi connectivity index (χ1v) is 5.62. The summed E-state index contributed by atoms with van der Waals surface area (Å²) >= 11 is 0. The van der Waals surface area contributed by atoms with Crippen LogP contribution in [0.15, 0.2) is 0 Å². The topological polar surface area (TPSA) is 3.24 Å². The minimum Gasteiger partial charge on any atom is -0.297 e. The van der Waals surface area contributed by atoms with Gasteiger partial charge in [-0.2, -0.15) is 0 Å². The van der Waals surface area contributed by atoms with Crippen molar-refractivity contribution in [3.8, 4) is 0 Å². The highest BCUT2D eigenvalue weighted by Crippen LogP contribution is 2.46. The zero-order chi connectivity index (χ0) is 8.13. The summed E-state index contributed by atoms with van der Waals surface area (Å²) in [7, 11) is 0. The summed E-state index contributed by atoms with van der Waals surface area (Å²) in [5.74, 6) is 2.09. The quantitative estimate of drug-likeness (QED) is 0.532. The smallest absolute Gasteiger partial charge is 0.0128 e. The fraction of sp³-hybridized carbons (Fsp3) is 1.00. The van der Waals surface area contributed by atoms with Gasteiger partial charge < -0.3 is 0 Å². The zero-order valence-corrected chi connectivity index (χ0v) is 8.00. The lowest BCUT2D eigenvalue weighted by Crippen LogP contribution is -2.32. The zero-order valence-electron chi connectivity index (χ0n) is 8.00. The minimum absolute atomic E-state index is 0.986. The largest absolute Gasteiger partial charge is 0.297 e. The average Bonchev–Trinajstić information content (AvgIpc) is 2.63. The molecule has 4 atom stereocenters. The SMILES string of the molecule is C[C@@H]1CCN2[C@@H]3CCC[C@H]3C[C@H]12. The average molecular weight is 165 g/mol. The Labute approximate surface area is 75.1 Å². The van der Waals surface area contributed by atoms with Crippen molar-refractivity contribution in [2.45, 2.75) is 51.1 Å². The predicted octanol–water partition coefficient (Wildman–Crippen LogP) is 2.27. The van der Waals surface area contributed by atoms with Crippen molar-refractivity contribution in [1.29, 1.82) is 0 Å². The molecule has 3 fully saturated rings. The maximum atomic E-state index is 2.84. The molecule has 0 radical (unpaired) electrons. The van der Waals surface area contributed by atoms with Gasteiger partial charge in [0.2, 0.25) is 0 Å². The lowest BCUT2D eigenvalue weighted by Gasteiger charge is -2.23. The third kappa shape index (κ3) is 0.834. The third-order valence-corrected chi connectivity index (χ3v) is 4.51. The van der Waals surface area contributed by atoms with E-state index < -0.39 is 0 Å². The van der Waals surface area contributed by atoms with Crippen molar-refractivity contribution in [1.82, 2.24) is 4.90 Å². The maximum absolute atomic E-state index is 2.84. The summed E-state index contributed by atoms with van der Waals surface area (Å²) in [4.78, 5) is 2.84. The Balaban J connectivity index is 1.83. The minimum atomic E-state index is 0.986. The van der Waals surface area contributed by atoms with Gasteiger partial charge in [0.15, 0.2) is 0 Å². The summed E-state index contributed by atoms with van der Waals surface area (Å²) < 4.78 is 0. The van der Waals surface area contributed by atoms with Gasteiger partial charge >= 0.3 is 0 Å². The fourth-order valence-corrected chi connectivity index (χ4v) is 3.86. The van der Waals surface area contributed by atoms with Crippen molar-refractivity contribution in [2.24, 2.45) is 11.8 Å². The fourth-order valence-electron chi connectivity index (χ4n) is 3.86. The molecule has 0 aromatic carbocycles. The van der Waals surface area contributed by atoms with E-state index in [0.29, 0.717) is 0 Å². The first kappa shape index (κ1) is 7.37.